The first-order chi connectivity index (χ1) is 14.1. The number of carbonyl (C=O) groups is 1. The van der Waals surface area contributed by atoms with Gasteiger partial charge in [-0.15, -0.1) is 0 Å². The molecule has 3 aromatic rings. The molecule has 0 bridgehead atoms. The van der Waals surface area contributed by atoms with Gasteiger partial charge in [-0.25, -0.2) is 9.97 Å². The Morgan fingerprint density at radius 3 is 2.69 bits per heavy atom. The molecule has 2 heterocycles. The molecule has 0 radical (unpaired) electrons. The van der Waals surface area contributed by atoms with Gasteiger partial charge in [0.2, 0.25) is 0 Å². The number of aryl methyl sites for hydroxylation is 1. The van der Waals surface area contributed by atoms with Gasteiger partial charge in [-0.2, -0.15) is 0 Å². The van der Waals surface area contributed by atoms with Crippen LogP contribution in [0.3, 0.4) is 0 Å². The molecule has 1 fully saturated rings. The van der Waals surface area contributed by atoms with Gasteiger partial charge >= 0.3 is 0 Å². The Hall–Kier alpha value is -2.92. The molecule has 1 aliphatic heterocycles. The van der Waals surface area contributed by atoms with Gasteiger partial charge in [-0.3, -0.25) is 4.79 Å². The molecule has 0 spiro atoms. The van der Waals surface area contributed by atoms with Crippen molar-refractivity contribution in [3.63, 3.8) is 0 Å². The van der Waals surface area contributed by atoms with Gasteiger partial charge in [0.1, 0.15) is 0 Å². The molecule has 4 rings (SSSR count). The Morgan fingerprint density at radius 1 is 1.17 bits per heavy atom. The summed E-state index contributed by atoms with van der Waals surface area (Å²) in [5, 5.41) is 3.78. The fourth-order valence-corrected chi connectivity index (χ4v) is 3.83. The summed E-state index contributed by atoms with van der Waals surface area (Å²) in [6.45, 7) is 4.61. The first kappa shape index (κ1) is 19.4. The monoisotopic (exact) mass is 406 g/mol. The van der Waals surface area contributed by atoms with E-state index in [2.05, 4.69) is 27.1 Å². The maximum atomic E-state index is 12.5. The van der Waals surface area contributed by atoms with Crippen molar-refractivity contribution < 1.29 is 4.79 Å². The molecule has 29 heavy (non-hydrogen) atoms. The van der Waals surface area contributed by atoms with Crippen LogP contribution in [0.25, 0.3) is 11.4 Å². The van der Waals surface area contributed by atoms with Gasteiger partial charge in [-0.05, 0) is 37.0 Å². The zero-order valence-electron chi connectivity index (χ0n) is 16.3. The average molecular weight is 407 g/mol. The molecular formula is C23H23ClN4O. The Bertz CT molecular complexity index is 992. The number of amides is 1. The largest absolute Gasteiger partial charge is 0.371 e. The average Bonchev–Trinajstić information content (AvgIpc) is 3.23. The molecule has 1 aliphatic rings. The van der Waals surface area contributed by atoms with Crippen LogP contribution in [0.4, 0.5) is 5.69 Å². The van der Waals surface area contributed by atoms with Gasteiger partial charge < -0.3 is 10.2 Å². The second-order valence-corrected chi connectivity index (χ2v) is 7.84. The van der Waals surface area contributed by atoms with Crippen molar-refractivity contribution in [2.75, 3.05) is 24.5 Å². The van der Waals surface area contributed by atoms with Crippen LogP contribution in [0.1, 0.15) is 22.3 Å². The lowest BCUT2D eigenvalue weighted by molar-refractivity contribution is 0.0947. The number of nitrogens with zero attached hydrogens (tertiary/aromatic N) is 3. The number of hydrogen-bond donors (Lipinski definition) is 1. The molecule has 1 unspecified atom stereocenters. The highest BCUT2D eigenvalue weighted by Crippen LogP contribution is 2.29. The first-order valence-corrected chi connectivity index (χ1v) is 10.1. The smallest absolute Gasteiger partial charge is 0.254 e. The summed E-state index contributed by atoms with van der Waals surface area (Å²) < 4.78 is 0. The topological polar surface area (TPSA) is 58.1 Å². The SMILES string of the molecule is Cc1ccc(Cl)cc1N1CCC(CNC(=O)c2cnc(-c3ccccc3)nc2)C1. The molecule has 1 amide bonds. The van der Waals surface area contributed by atoms with Crippen molar-refractivity contribution >= 4 is 23.2 Å². The second kappa shape index (κ2) is 8.62. The molecule has 1 N–H and O–H groups in total. The van der Waals surface area contributed by atoms with E-state index in [1.807, 2.05) is 48.5 Å². The third-order valence-electron chi connectivity index (χ3n) is 5.30. The predicted molar refractivity (Wildman–Crippen MR) is 116 cm³/mol. The van der Waals surface area contributed by atoms with Crippen molar-refractivity contribution in [3.05, 3.63) is 77.1 Å². The summed E-state index contributed by atoms with van der Waals surface area (Å²) in [4.78, 5) is 23.5. The summed E-state index contributed by atoms with van der Waals surface area (Å²) >= 11 is 6.16. The van der Waals surface area contributed by atoms with E-state index in [9.17, 15) is 4.79 Å². The van der Waals surface area contributed by atoms with E-state index in [-0.39, 0.29) is 5.91 Å². The third kappa shape index (κ3) is 4.57. The Labute approximate surface area is 175 Å². The summed E-state index contributed by atoms with van der Waals surface area (Å²) in [5.41, 5.74) is 3.80. The lowest BCUT2D eigenvalue weighted by Gasteiger charge is -2.21. The summed E-state index contributed by atoms with van der Waals surface area (Å²) in [6.07, 6.45) is 4.21. The number of aromatic nitrogens is 2. The van der Waals surface area contributed by atoms with Crippen molar-refractivity contribution in [3.8, 4) is 11.4 Å². The molecule has 5 nitrogen and oxygen atoms in total. The van der Waals surface area contributed by atoms with Crippen molar-refractivity contribution in [1.82, 2.24) is 15.3 Å². The Balaban J connectivity index is 1.32. The summed E-state index contributed by atoms with van der Waals surface area (Å²) in [7, 11) is 0. The number of halogens is 1. The maximum Gasteiger partial charge on any atom is 0.254 e. The van der Waals surface area contributed by atoms with E-state index in [4.69, 9.17) is 11.6 Å². The minimum Gasteiger partial charge on any atom is -0.371 e. The number of carbonyl (C=O) groups excluding carboxylic acids is 1. The van der Waals surface area contributed by atoms with Gasteiger partial charge in [0.25, 0.3) is 5.91 Å². The van der Waals surface area contributed by atoms with Gasteiger partial charge in [-0.1, -0.05) is 48.0 Å². The number of nitrogens with one attached hydrogen (secondary N) is 1. The zero-order chi connectivity index (χ0) is 20.2. The number of rotatable bonds is 5. The van der Waals surface area contributed by atoms with Crippen LogP contribution in [0.5, 0.6) is 0 Å². The minimum absolute atomic E-state index is 0.137. The highest BCUT2D eigenvalue weighted by molar-refractivity contribution is 6.30. The van der Waals surface area contributed by atoms with E-state index in [1.165, 1.54) is 11.3 Å². The van der Waals surface area contributed by atoms with E-state index < -0.39 is 0 Å². The summed E-state index contributed by atoms with van der Waals surface area (Å²) in [6, 6.07) is 15.7. The Kier molecular flexibility index (Phi) is 5.76. The van der Waals surface area contributed by atoms with Crippen LogP contribution in [-0.2, 0) is 0 Å². The van der Waals surface area contributed by atoms with Crippen LogP contribution in [0, 0.1) is 12.8 Å². The van der Waals surface area contributed by atoms with Crippen LogP contribution < -0.4 is 10.2 Å². The molecule has 1 saturated heterocycles. The molecule has 0 aliphatic carbocycles. The third-order valence-corrected chi connectivity index (χ3v) is 5.53. The molecule has 148 valence electrons. The first-order valence-electron chi connectivity index (χ1n) is 9.77. The van der Waals surface area contributed by atoms with E-state index in [0.717, 1.165) is 30.1 Å². The minimum atomic E-state index is -0.137. The number of benzene rings is 2. The molecular weight excluding hydrogens is 384 g/mol. The fourth-order valence-electron chi connectivity index (χ4n) is 3.66. The fraction of sp³-hybridized carbons (Fsp3) is 0.261. The lowest BCUT2D eigenvalue weighted by atomic mass is 10.1. The molecule has 1 atom stereocenters. The standard InChI is InChI=1S/C23H23ClN4O/c1-16-7-8-20(24)11-21(16)28-10-9-17(15-28)12-27-23(29)19-13-25-22(26-14-19)18-5-3-2-4-6-18/h2-8,11,13-14,17H,9-10,12,15H2,1H3,(H,27,29). The van der Waals surface area contributed by atoms with E-state index in [0.29, 0.717) is 23.9 Å². The predicted octanol–water partition coefficient (Wildman–Crippen LogP) is 4.36. The quantitative estimate of drug-likeness (QED) is 0.683. The van der Waals surface area contributed by atoms with Crippen LogP contribution in [0.2, 0.25) is 5.02 Å². The van der Waals surface area contributed by atoms with Crippen LogP contribution >= 0.6 is 11.6 Å². The van der Waals surface area contributed by atoms with Gasteiger partial charge in [0, 0.05) is 48.3 Å². The summed E-state index contributed by atoms with van der Waals surface area (Å²) in [5.74, 6) is 0.884. The zero-order valence-corrected chi connectivity index (χ0v) is 17.1. The maximum absolute atomic E-state index is 12.5. The van der Waals surface area contributed by atoms with Crippen molar-refractivity contribution in [2.45, 2.75) is 13.3 Å². The molecule has 1 aromatic heterocycles. The number of anilines is 1. The van der Waals surface area contributed by atoms with E-state index in [1.54, 1.807) is 12.4 Å². The van der Waals surface area contributed by atoms with Gasteiger partial charge in [0.05, 0.1) is 5.56 Å². The molecule has 6 heteroatoms. The lowest BCUT2D eigenvalue weighted by Crippen LogP contribution is -2.31. The highest BCUT2D eigenvalue weighted by atomic mass is 35.5. The highest BCUT2D eigenvalue weighted by Gasteiger charge is 2.24. The van der Waals surface area contributed by atoms with Gasteiger partial charge in [0.15, 0.2) is 5.82 Å². The Morgan fingerprint density at radius 2 is 1.93 bits per heavy atom. The second-order valence-electron chi connectivity index (χ2n) is 7.40. The molecule has 0 saturated carbocycles. The van der Waals surface area contributed by atoms with Crippen molar-refractivity contribution in [2.24, 2.45) is 5.92 Å². The van der Waals surface area contributed by atoms with Crippen LogP contribution in [-0.4, -0.2) is 35.5 Å². The van der Waals surface area contributed by atoms with E-state index >= 15 is 0 Å². The molecule has 2 aromatic carbocycles. The number of hydrogen-bond acceptors (Lipinski definition) is 4. The van der Waals surface area contributed by atoms with Crippen LogP contribution in [0.15, 0.2) is 60.9 Å². The van der Waals surface area contributed by atoms with Crippen molar-refractivity contribution in [1.29, 1.82) is 0 Å². The normalized spacial score (nSPS) is 16.1.